The van der Waals surface area contributed by atoms with E-state index in [1.165, 1.54) is 12.7 Å². The second kappa shape index (κ2) is 4.77. The van der Waals surface area contributed by atoms with Gasteiger partial charge in [0.2, 0.25) is 0 Å². The molecule has 0 aromatic carbocycles. The summed E-state index contributed by atoms with van der Waals surface area (Å²) in [6.07, 6.45) is 4.81. The molecule has 0 spiro atoms. The molecule has 3 unspecified atom stereocenters. The molecule has 2 rings (SSSR count). The van der Waals surface area contributed by atoms with E-state index in [-0.39, 0.29) is 11.2 Å². The lowest BCUT2D eigenvalue weighted by molar-refractivity contribution is 0.260. The molecule has 1 aliphatic carbocycles. The molecule has 1 saturated carbocycles. The second-order valence-electron chi connectivity index (χ2n) is 5.10. The zero-order valence-electron chi connectivity index (χ0n) is 10.4. The van der Waals surface area contributed by atoms with Crippen molar-refractivity contribution in [2.75, 3.05) is 11.1 Å². The highest BCUT2D eigenvalue weighted by atomic mass is 16.1. The van der Waals surface area contributed by atoms with E-state index in [9.17, 15) is 4.79 Å². The summed E-state index contributed by atoms with van der Waals surface area (Å²) >= 11 is 0. The van der Waals surface area contributed by atoms with E-state index in [1.54, 1.807) is 0 Å². The Bertz CT molecular complexity index is 442. The van der Waals surface area contributed by atoms with Crippen LogP contribution >= 0.6 is 0 Å². The SMILES string of the molecule is CC1CCC(Nc2nc[nH]c(=O)c2N)CC1C. The van der Waals surface area contributed by atoms with Crippen LogP contribution in [0.1, 0.15) is 33.1 Å². The first-order valence-corrected chi connectivity index (χ1v) is 6.17. The fourth-order valence-electron chi connectivity index (χ4n) is 2.40. The van der Waals surface area contributed by atoms with Crippen LogP contribution in [0.3, 0.4) is 0 Å². The summed E-state index contributed by atoms with van der Waals surface area (Å²) in [5.74, 6) is 1.99. The smallest absolute Gasteiger partial charge is 0.276 e. The lowest BCUT2D eigenvalue weighted by Crippen LogP contribution is -2.31. The van der Waals surface area contributed by atoms with Gasteiger partial charge in [-0.05, 0) is 31.1 Å². The molecule has 1 aliphatic rings. The molecule has 0 saturated heterocycles. The van der Waals surface area contributed by atoms with Gasteiger partial charge in [0, 0.05) is 6.04 Å². The van der Waals surface area contributed by atoms with Crippen LogP contribution in [0.15, 0.2) is 11.1 Å². The maximum Gasteiger partial charge on any atom is 0.276 e. The number of nitrogens with two attached hydrogens (primary N) is 1. The highest BCUT2D eigenvalue weighted by Crippen LogP contribution is 2.31. The Morgan fingerprint density at radius 2 is 2.18 bits per heavy atom. The van der Waals surface area contributed by atoms with Crippen molar-refractivity contribution < 1.29 is 0 Å². The van der Waals surface area contributed by atoms with Crippen LogP contribution in [0.5, 0.6) is 0 Å². The van der Waals surface area contributed by atoms with Crippen molar-refractivity contribution in [2.24, 2.45) is 11.8 Å². The third-order valence-corrected chi connectivity index (χ3v) is 3.83. The standard InChI is InChI=1S/C12H20N4O/c1-7-3-4-9(5-8(7)2)16-11-10(13)12(17)15-6-14-11/h6-9H,3-5,13H2,1-2H3,(H2,14,15,16,17). The van der Waals surface area contributed by atoms with Gasteiger partial charge in [0.1, 0.15) is 5.69 Å². The van der Waals surface area contributed by atoms with E-state index >= 15 is 0 Å². The molecule has 0 radical (unpaired) electrons. The molecule has 1 aromatic heterocycles. The molecule has 0 bridgehead atoms. The fraction of sp³-hybridized carbons (Fsp3) is 0.667. The van der Waals surface area contributed by atoms with E-state index in [4.69, 9.17) is 5.73 Å². The number of aromatic nitrogens is 2. The number of rotatable bonds is 2. The van der Waals surface area contributed by atoms with Gasteiger partial charge in [0.25, 0.3) is 5.56 Å². The van der Waals surface area contributed by atoms with Gasteiger partial charge in [-0.3, -0.25) is 4.79 Å². The van der Waals surface area contributed by atoms with Gasteiger partial charge in [-0.25, -0.2) is 4.98 Å². The summed E-state index contributed by atoms with van der Waals surface area (Å²) in [7, 11) is 0. The average Bonchev–Trinajstić information content (AvgIpc) is 2.30. The Labute approximate surface area is 101 Å². The van der Waals surface area contributed by atoms with E-state index in [2.05, 4.69) is 29.1 Å². The Kier molecular flexibility index (Phi) is 3.36. The van der Waals surface area contributed by atoms with E-state index in [1.807, 2.05) is 0 Å². The van der Waals surface area contributed by atoms with Crippen molar-refractivity contribution in [1.82, 2.24) is 9.97 Å². The molecular weight excluding hydrogens is 216 g/mol. The van der Waals surface area contributed by atoms with Crippen molar-refractivity contribution in [2.45, 2.75) is 39.2 Å². The summed E-state index contributed by atoms with van der Waals surface area (Å²) in [6.45, 7) is 4.56. The Balaban J connectivity index is 2.06. The predicted octanol–water partition coefficient (Wildman–Crippen LogP) is 1.59. The summed E-state index contributed by atoms with van der Waals surface area (Å²) in [5, 5.41) is 3.28. The van der Waals surface area contributed by atoms with Crippen LogP contribution in [-0.2, 0) is 0 Å². The minimum atomic E-state index is -0.278. The molecular formula is C12H20N4O. The fourth-order valence-corrected chi connectivity index (χ4v) is 2.40. The zero-order chi connectivity index (χ0) is 12.4. The van der Waals surface area contributed by atoms with Gasteiger partial charge in [0.15, 0.2) is 5.82 Å². The summed E-state index contributed by atoms with van der Waals surface area (Å²) < 4.78 is 0. The van der Waals surface area contributed by atoms with E-state index in [0.717, 1.165) is 18.8 Å². The largest absolute Gasteiger partial charge is 0.391 e. The summed E-state index contributed by atoms with van der Waals surface area (Å²) in [5.41, 5.74) is 5.59. The molecule has 1 fully saturated rings. The lowest BCUT2D eigenvalue weighted by Gasteiger charge is -2.32. The van der Waals surface area contributed by atoms with Crippen molar-refractivity contribution in [1.29, 1.82) is 0 Å². The van der Waals surface area contributed by atoms with Gasteiger partial charge in [-0.15, -0.1) is 0 Å². The van der Waals surface area contributed by atoms with Crippen LogP contribution in [-0.4, -0.2) is 16.0 Å². The van der Waals surface area contributed by atoms with Gasteiger partial charge < -0.3 is 16.0 Å². The minimum Gasteiger partial charge on any atom is -0.391 e. The zero-order valence-corrected chi connectivity index (χ0v) is 10.4. The van der Waals surface area contributed by atoms with Gasteiger partial charge in [-0.2, -0.15) is 0 Å². The molecule has 5 nitrogen and oxygen atoms in total. The number of anilines is 2. The van der Waals surface area contributed by atoms with Crippen molar-refractivity contribution in [3.63, 3.8) is 0 Å². The van der Waals surface area contributed by atoms with Crippen LogP contribution in [0.2, 0.25) is 0 Å². The Morgan fingerprint density at radius 1 is 1.41 bits per heavy atom. The maximum atomic E-state index is 11.3. The van der Waals surface area contributed by atoms with Crippen LogP contribution in [0, 0.1) is 11.8 Å². The average molecular weight is 236 g/mol. The normalized spacial score (nSPS) is 28.9. The first-order chi connectivity index (χ1) is 8.08. The van der Waals surface area contributed by atoms with E-state index in [0.29, 0.717) is 17.8 Å². The van der Waals surface area contributed by atoms with Crippen LogP contribution < -0.4 is 16.6 Å². The number of nitrogens with zero attached hydrogens (tertiary/aromatic N) is 1. The predicted molar refractivity (Wildman–Crippen MR) is 68.9 cm³/mol. The number of aromatic amines is 1. The van der Waals surface area contributed by atoms with Crippen LogP contribution in [0.4, 0.5) is 11.5 Å². The monoisotopic (exact) mass is 236 g/mol. The highest BCUT2D eigenvalue weighted by molar-refractivity contribution is 5.59. The van der Waals surface area contributed by atoms with Gasteiger partial charge in [-0.1, -0.05) is 13.8 Å². The first kappa shape index (κ1) is 12.0. The van der Waals surface area contributed by atoms with Gasteiger partial charge in [0.05, 0.1) is 6.33 Å². The Morgan fingerprint density at radius 3 is 2.88 bits per heavy atom. The minimum absolute atomic E-state index is 0.179. The second-order valence-corrected chi connectivity index (χ2v) is 5.10. The van der Waals surface area contributed by atoms with Gasteiger partial charge >= 0.3 is 0 Å². The topological polar surface area (TPSA) is 83.8 Å². The quantitative estimate of drug-likeness (QED) is 0.728. The molecule has 0 aliphatic heterocycles. The molecule has 1 heterocycles. The third-order valence-electron chi connectivity index (χ3n) is 3.83. The number of nitrogens with one attached hydrogen (secondary N) is 2. The van der Waals surface area contributed by atoms with Crippen molar-refractivity contribution in [3.05, 3.63) is 16.7 Å². The molecule has 1 aromatic rings. The Hall–Kier alpha value is -1.52. The summed E-state index contributed by atoms with van der Waals surface area (Å²) in [6, 6.07) is 0.373. The maximum absolute atomic E-state index is 11.3. The molecule has 17 heavy (non-hydrogen) atoms. The third kappa shape index (κ3) is 2.60. The number of H-pyrrole nitrogens is 1. The molecule has 0 amide bonds. The summed E-state index contributed by atoms with van der Waals surface area (Å²) in [4.78, 5) is 17.9. The molecule has 4 N–H and O–H groups in total. The first-order valence-electron chi connectivity index (χ1n) is 6.17. The van der Waals surface area contributed by atoms with E-state index < -0.39 is 0 Å². The molecule has 5 heteroatoms. The number of nitrogen functional groups attached to an aromatic ring is 1. The van der Waals surface area contributed by atoms with Crippen molar-refractivity contribution in [3.8, 4) is 0 Å². The highest BCUT2D eigenvalue weighted by Gasteiger charge is 2.25. The molecule has 3 atom stereocenters. The van der Waals surface area contributed by atoms with Crippen LogP contribution in [0.25, 0.3) is 0 Å². The lowest BCUT2D eigenvalue weighted by atomic mass is 9.79. The van der Waals surface area contributed by atoms with Crippen molar-refractivity contribution >= 4 is 11.5 Å². The number of hydrogen-bond acceptors (Lipinski definition) is 4. The number of hydrogen-bond donors (Lipinski definition) is 3. The molecule has 94 valence electrons.